The molecule has 35 heavy (non-hydrogen) atoms. The molecule has 3 aromatic rings. The number of sulfonamides is 2. The van der Waals surface area contributed by atoms with Gasteiger partial charge in [-0.1, -0.05) is 6.07 Å². The highest BCUT2D eigenvalue weighted by atomic mass is 32.2. The maximum Gasteiger partial charge on any atom is 0.338 e. The highest BCUT2D eigenvalue weighted by molar-refractivity contribution is 7.93. The number of nitrogens with zero attached hydrogens (tertiary/aromatic N) is 1. The van der Waals surface area contributed by atoms with Gasteiger partial charge in [-0.05, 0) is 85.5 Å². The lowest BCUT2D eigenvalue weighted by Gasteiger charge is -2.31. The number of hydrogen-bond donors (Lipinski definition) is 1. The van der Waals surface area contributed by atoms with E-state index >= 15 is 0 Å². The van der Waals surface area contributed by atoms with E-state index in [1.165, 1.54) is 47.8 Å². The van der Waals surface area contributed by atoms with Gasteiger partial charge in [-0.15, -0.1) is 0 Å². The third-order valence-corrected chi connectivity index (χ3v) is 8.94. The van der Waals surface area contributed by atoms with Gasteiger partial charge in [0.05, 0.1) is 33.8 Å². The van der Waals surface area contributed by atoms with Crippen molar-refractivity contribution in [1.29, 1.82) is 0 Å². The van der Waals surface area contributed by atoms with E-state index in [2.05, 4.69) is 4.72 Å². The van der Waals surface area contributed by atoms with Crippen LogP contribution >= 0.6 is 0 Å². The van der Waals surface area contributed by atoms with Crippen molar-refractivity contribution in [3.05, 3.63) is 83.2 Å². The predicted octanol–water partition coefficient (Wildman–Crippen LogP) is 3.86. The molecule has 1 aliphatic heterocycles. The molecule has 0 bridgehead atoms. The second-order valence-corrected chi connectivity index (χ2v) is 11.6. The lowest BCUT2D eigenvalue weighted by Crippen LogP contribution is -2.35. The number of carbonyl (C=O) groups excluding carboxylic acids is 1. The number of methoxy groups -OCH3 is 1. The quantitative estimate of drug-likeness (QED) is 0.496. The van der Waals surface area contributed by atoms with Crippen molar-refractivity contribution in [3.63, 3.8) is 0 Å². The molecule has 4 rings (SSSR count). The fourth-order valence-corrected chi connectivity index (χ4v) is 6.61. The zero-order valence-electron chi connectivity index (χ0n) is 19.0. The molecule has 0 fully saturated rings. The number of esters is 1. The predicted molar refractivity (Wildman–Crippen MR) is 129 cm³/mol. The average Bonchev–Trinajstić information content (AvgIpc) is 2.83. The summed E-state index contributed by atoms with van der Waals surface area (Å²) >= 11 is 0. The molecule has 0 spiro atoms. The molecular weight excluding hydrogens is 495 g/mol. The minimum absolute atomic E-state index is 0.0566. The summed E-state index contributed by atoms with van der Waals surface area (Å²) in [4.78, 5) is 11.7. The number of carbonyl (C=O) groups is 1. The van der Waals surface area contributed by atoms with Gasteiger partial charge >= 0.3 is 5.97 Å². The molecule has 0 radical (unpaired) electrons. The topological polar surface area (TPSA) is 110 Å². The molecule has 0 saturated carbocycles. The van der Waals surface area contributed by atoms with Crippen LogP contribution in [0.1, 0.15) is 27.9 Å². The second kappa shape index (κ2) is 9.31. The second-order valence-electron chi connectivity index (χ2n) is 8.05. The molecule has 0 unspecified atom stereocenters. The molecule has 0 aliphatic carbocycles. The Balaban J connectivity index is 1.67. The van der Waals surface area contributed by atoms with Crippen LogP contribution in [0, 0.1) is 12.7 Å². The van der Waals surface area contributed by atoms with Gasteiger partial charge in [0.1, 0.15) is 5.82 Å². The Morgan fingerprint density at radius 3 is 2.31 bits per heavy atom. The lowest BCUT2D eigenvalue weighted by atomic mass is 10.0. The van der Waals surface area contributed by atoms with Crippen molar-refractivity contribution < 1.29 is 30.8 Å². The first-order chi connectivity index (χ1) is 16.5. The smallest absolute Gasteiger partial charge is 0.338 e. The molecule has 0 atom stereocenters. The van der Waals surface area contributed by atoms with Gasteiger partial charge in [0, 0.05) is 6.54 Å². The van der Waals surface area contributed by atoms with Gasteiger partial charge in [0.25, 0.3) is 20.0 Å². The fraction of sp³-hybridized carbons (Fsp3) is 0.208. The number of ether oxygens (including phenoxy) is 1. The molecule has 1 N–H and O–H groups in total. The number of halogens is 1. The molecule has 0 aromatic heterocycles. The van der Waals surface area contributed by atoms with Crippen molar-refractivity contribution >= 4 is 37.4 Å². The summed E-state index contributed by atoms with van der Waals surface area (Å²) in [7, 11) is -6.77. The molecule has 0 amide bonds. The average molecular weight is 519 g/mol. The van der Waals surface area contributed by atoms with Gasteiger partial charge in [0.15, 0.2) is 0 Å². The third-order valence-electron chi connectivity index (χ3n) is 5.73. The molecule has 8 nitrogen and oxygen atoms in total. The summed E-state index contributed by atoms with van der Waals surface area (Å²) in [5.74, 6) is -1.12. The molecule has 1 heterocycles. The first-order valence-electron chi connectivity index (χ1n) is 10.7. The van der Waals surface area contributed by atoms with Crippen LogP contribution in [0.15, 0.2) is 70.5 Å². The van der Waals surface area contributed by atoms with E-state index in [1.54, 1.807) is 19.1 Å². The van der Waals surface area contributed by atoms with Crippen LogP contribution in [-0.2, 0) is 31.2 Å². The minimum Gasteiger partial charge on any atom is -0.465 e. The number of fused-ring (bicyclic) bond motifs is 1. The number of hydrogen-bond acceptors (Lipinski definition) is 6. The first-order valence-corrected chi connectivity index (χ1v) is 13.6. The van der Waals surface area contributed by atoms with Crippen molar-refractivity contribution in [1.82, 2.24) is 0 Å². The monoisotopic (exact) mass is 518 g/mol. The van der Waals surface area contributed by atoms with Crippen molar-refractivity contribution in [2.45, 2.75) is 29.6 Å². The maximum absolute atomic E-state index is 13.3. The summed E-state index contributed by atoms with van der Waals surface area (Å²) in [5, 5.41) is 0. The fourth-order valence-electron chi connectivity index (χ4n) is 3.94. The van der Waals surface area contributed by atoms with E-state index in [9.17, 15) is 26.0 Å². The van der Waals surface area contributed by atoms with Gasteiger partial charge in [-0.2, -0.15) is 0 Å². The Bertz CT molecular complexity index is 1500. The number of rotatable bonds is 6. The van der Waals surface area contributed by atoms with Crippen LogP contribution in [0.5, 0.6) is 0 Å². The Morgan fingerprint density at radius 2 is 1.66 bits per heavy atom. The zero-order valence-corrected chi connectivity index (χ0v) is 20.6. The van der Waals surface area contributed by atoms with Gasteiger partial charge < -0.3 is 4.74 Å². The van der Waals surface area contributed by atoms with Crippen molar-refractivity contribution in [2.75, 3.05) is 22.7 Å². The highest BCUT2D eigenvalue weighted by Crippen LogP contribution is 2.35. The molecule has 184 valence electrons. The number of anilines is 2. The van der Waals surface area contributed by atoms with Crippen LogP contribution < -0.4 is 9.03 Å². The summed E-state index contributed by atoms with van der Waals surface area (Å²) in [6, 6.07) is 13.3. The van der Waals surface area contributed by atoms with E-state index in [4.69, 9.17) is 4.74 Å². The summed E-state index contributed by atoms with van der Waals surface area (Å²) in [6.07, 6.45) is 1.22. The van der Waals surface area contributed by atoms with Crippen LogP contribution in [-0.4, -0.2) is 36.5 Å². The summed E-state index contributed by atoms with van der Waals surface area (Å²) < 4.78 is 74.2. The third kappa shape index (κ3) is 4.87. The molecule has 1 aliphatic rings. The molecular formula is C24H23FN2O6S2. The van der Waals surface area contributed by atoms with E-state index in [0.717, 1.165) is 17.7 Å². The highest BCUT2D eigenvalue weighted by Gasteiger charge is 2.30. The first kappa shape index (κ1) is 24.7. The lowest BCUT2D eigenvalue weighted by molar-refractivity contribution is 0.0599. The van der Waals surface area contributed by atoms with Crippen LogP contribution in [0.3, 0.4) is 0 Å². The van der Waals surface area contributed by atoms with E-state index in [0.29, 0.717) is 24.1 Å². The van der Waals surface area contributed by atoms with E-state index in [1.807, 2.05) is 0 Å². The number of nitrogens with one attached hydrogen (secondary N) is 1. The maximum atomic E-state index is 13.3. The Labute approximate surface area is 203 Å². The van der Waals surface area contributed by atoms with Gasteiger partial charge in [0.2, 0.25) is 0 Å². The Kier molecular flexibility index (Phi) is 6.56. The summed E-state index contributed by atoms with van der Waals surface area (Å²) in [5.41, 5.74) is 1.98. The van der Waals surface area contributed by atoms with Crippen LogP contribution in [0.4, 0.5) is 15.8 Å². The van der Waals surface area contributed by atoms with Crippen LogP contribution in [0.25, 0.3) is 0 Å². The van der Waals surface area contributed by atoms with Gasteiger partial charge in [-0.3, -0.25) is 9.03 Å². The van der Waals surface area contributed by atoms with Crippen molar-refractivity contribution in [2.24, 2.45) is 0 Å². The Morgan fingerprint density at radius 1 is 0.971 bits per heavy atom. The number of benzene rings is 3. The van der Waals surface area contributed by atoms with E-state index < -0.39 is 31.8 Å². The van der Waals surface area contributed by atoms with Crippen molar-refractivity contribution in [3.8, 4) is 0 Å². The SMILES string of the molecule is COC(=O)c1ccc(S(=O)(=O)Nc2ccc3c(c2)N(S(=O)(=O)c2ccc(F)cc2)CCC3)cc1C. The normalized spacial score (nSPS) is 13.7. The number of aryl methyl sites for hydroxylation is 2. The standard InChI is InChI=1S/C24H23FN2O6S2/c1-16-14-21(11-12-22(16)24(28)33-2)34(29,30)26-19-8-5-17-4-3-13-27(23(17)15-19)35(31,32)20-9-6-18(25)7-10-20/h5-12,14-15,26H,3-4,13H2,1-2H3. The molecule has 3 aromatic carbocycles. The molecule has 11 heteroatoms. The Hall–Kier alpha value is -3.44. The minimum atomic E-state index is -4.03. The summed E-state index contributed by atoms with van der Waals surface area (Å²) in [6.45, 7) is 1.81. The zero-order chi connectivity index (χ0) is 25.4. The van der Waals surface area contributed by atoms with Crippen LogP contribution in [0.2, 0.25) is 0 Å². The molecule has 0 saturated heterocycles. The largest absolute Gasteiger partial charge is 0.465 e. The van der Waals surface area contributed by atoms with E-state index in [-0.39, 0.29) is 27.6 Å². The van der Waals surface area contributed by atoms with Gasteiger partial charge in [-0.25, -0.2) is 26.0 Å².